The Morgan fingerprint density at radius 2 is 1.96 bits per heavy atom. The lowest BCUT2D eigenvalue weighted by Gasteiger charge is -2.31. The molecule has 4 heteroatoms. The molecule has 1 aromatic carbocycles. The van der Waals surface area contributed by atoms with E-state index in [0.29, 0.717) is 24.8 Å². The highest BCUT2D eigenvalue weighted by Crippen LogP contribution is 2.19. The molecule has 1 N–H and O–H groups in total. The number of benzene rings is 1. The van der Waals surface area contributed by atoms with Gasteiger partial charge in [-0.1, -0.05) is 32.0 Å². The Bertz CT molecular complexity index is 496. The molecule has 1 saturated heterocycles. The number of nitrogens with zero attached hydrogens (tertiary/aromatic N) is 1. The van der Waals surface area contributed by atoms with Crippen LogP contribution in [0.15, 0.2) is 24.3 Å². The fourth-order valence-electron chi connectivity index (χ4n) is 3.32. The van der Waals surface area contributed by atoms with Crippen LogP contribution in [-0.2, 0) is 11.2 Å². The first-order chi connectivity index (χ1) is 11.1. The van der Waals surface area contributed by atoms with E-state index in [1.807, 2.05) is 24.3 Å². The molecule has 2 rings (SSSR count). The van der Waals surface area contributed by atoms with Gasteiger partial charge in [0.05, 0.1) is 7.11 Å². The van der Waals surface area contributed by atoms with Gasteiger partial charge in [0.25, 0.3) is 0 Å². The van der Waals surface area contributed by atoms with Crippen LogP contribution in [-0.4, -0.2) is 43.6 Å². The molecule has 4 nitrogen and oxygen atoms in total. The minimum absolute atomic E-state index is 0.126. The molecule has 1 fully saturated rings. The molecule has 0 aliphatic carbocycles. The van der Waals surface area contributed by atoms with E-state index in [9.17, 15) is 4.79 Å². The molecule has 0 saturated carbocycles. The molecule has 1 aromatic rings. The zero-order chi connectivity index (χ0) is 16.7. The molecular formula is C19H30N2O2. The summed E-state index contributed by atoms with van der Waals surface area (Å²) in [4.78, 5) is 14.7. The van der Waals surface area contributed by atoms with Crippen molar-refractivity contribution < 1.29 is 9.53 Å². The summed E-state index contributed by atoms with van der Waals surface area (Å²) in [6.07, 6.45) is 3.78. The van der Waals surface area contributed by atoms with E-state index in [1.165, 1.54) is 25.9 Å². The van der Waals surface area contributed by atoms with Crippen LogP contribution in [0.1, 0.15) is 38.7 Å². The van der Waals surface area contributed by atoms with Crippen molar-refractivity contribution in [3.63, 3.8) is 0 Å². The van der Waals surface area contributed by atoms with Crippen LogP contribution < -0.4 is 10.1 Å². The van der Waals surface area contributed by atoms with E-state index in [2.05, 4.69) is 24.1 Å². The average molecular weight is 318 g/mol. The number of rotatable bonds is 8. The number of carbonyl (C=O) groups excluding carboxylic acids is 1. The van der Waals surface area contributed by atoms with Crippen molar-refractivity contribution in [2.45, 2.75) is 45.6 Å². The third-order valence-electron chi connectivity index (χ3n) is 4.70. The number of hydrogen-bond donors (Lipinski definition) is 1. The summed E-state index contributed by atoms with van der Waals surface area (Å²) in [5.41, 5.74) is 1.09. The van der Waals surface area contributed by atoms with E-state index in [-0.39, 0.29) is 5.91 Å². The second kappa shape index (κ2) is 8.92. The zero-order valence-electron chi connectivity index (χ0n) is 14.7. The van der Waals surface area contributed by atoms with Gasteiger partial charge >= 0.3 is 0 Å². The maximum absolute atomic E-state index is 12.2. The van der Waals surface area contributed by atoms with E-state index in [4.69, 9.17) is 4.74 Å². The van der Waals surface area contributed by atoms with Crippen LogP contribution in [0, 0.1) is 5.92 Å². The number of methoxy groups -OCH3 is 1. The summed E-state index contributed by atoms with van der Waals surface area (Å²) in [5, 5.41) is 3.13. The number of nitrogens with one attached hydrogen (secondary N) is 1. The topological polar surface area (TPSA) is 41.6 Å². The van der Waals surface area contributed by atoms with Gasteiger partial charge in [0, 0.05) is 19.0 Å². The Balaban J connectivity index is 1.79. The highest BCUT2D eigenvalue weighted by molar-refractivity contribution is 5.76. The molecule has 1 aliphatic heterocycles. The van der Waals surface area contributed by atoms with Gasteiger partial charge in [-0.15, -0.1) is 0 Å². The van der Waals surface area contributed by atoms with Gasteiger partial charge in [0.15, 0.2) is 0 Å². The number of ether oxygens (including phenoxy) is 1. The first kappa shape index (κ1) is 17.8. The maximum atomic E-state index is 12.2. The standard InChI is InChI=1S/C19H30N2O2/c1-15(2)17(21-12-6-7-13-21)14-20-19(22)11-10-16-8-4-5-9-18(16)23-3/h4-5,8-9,15,17H,6-7,10-14H2,1-3H3,(H,20,22). The number of aryl methyl sites for hydroxylation is 1. The number of para-hydroxylation sites is 1. The largest absolute Gasteiger partial charge is 0.496 e. The van der Waals surface area contributed by atoms with Crippen molar-refractivity contribution in [3.8, 4) is 5.75 Å². The Labute approximate surface area is 140 Å². The van der Waals surface area contributed by atoms with Gasteiger partial charge in [0.2, 0.25) is 5.91 Å². The molecule has 23 heavy (non-hydrogen) atoms. The van der Waals surface area contributed by atoms with Crippen LogP contribution >= 0.6 is 0 Å². The summed E-state index contributed by atoms with van der Waals surface area (Å²) in [6, 6.07) is 8.35. The summed E-state index contributed by atoms with van der Waals surface area (Å²) < 4.78 is 5.34. The molecule has 1 heterocycles. The van der Waals surface area contributed by atoms with E-state index in [1.54, 1.807) is 7.11 Å². The molecule has 0 bridgehead atoms. The Morgan fingerprint density at radius 1 is 1.26 bits per heavy atom. The Hall–Kier alpha value is -1.55. The fourth-order valence-corrected chi connectivity index (χ4v) is 3.32. The Kier molecular flexibility index (Phi) is 6.90. The van der Waals surface area contributed by atoms with Crippen molar-refractivity contribution in [2.75, 3.05) is 26.7 Å². The van der Waals surface area contributed by atoms with Gasteiger partial charge in [-0.05, 0) is 49.9 Å². The monoisotopic (exact) mass is 318 g/mol. The van der Waals surface area contributed by atoms with Gasteiger partial charge in [0.1, 0.15) is 5.75 Å². The Morgan fingerprint density at radius 3 is 2.61 bits per heavy atom. The predicted molar refractivity (Wildman–Crippen MR) is 93.8 cm³/mol. The molecule has 1 aliphatic rings. The molecule has 1 atom stereocenters. The van der Waals surface area contributed by atoms with Crippen molar-refractivity contribution in [2.24, 2.45) is 5.92 Å². The highest BCUT2D eigenvalue weighted by atomic mass is 16.5. The van der Waals surface area contributed by atoms with Gasteiger partial charge in [-0.2, -0.15) is 0 Å². The minimum Gasteiger partial charge on any atom is -0.496 e. The fraction of sp³-hybridized carbons (Fsp3) is 0.632. The molecule has 0 aromatic heterocycles. The van der Waals surface area contributed by atoms with Crippen LogP contribution in [0.5, 0.6) is 5.75 Å². The smallest absolute Gasteiger partial charge is 0.220 e. The molecule has 1 amide bonds. The molecule has 1 unspecified atom stereocenters. The van der Waals surface area contributed by atoms with E-state index >= 15 is 0 Å². The lowest BCUT2D eigenvalue weighted by molar-refractivity contribution is -0.121. The van der Waals surface area contributed by atoms with Crippen LogP contribution in [0.2, 0.25) is 0 Å². The number of carbonyl (C=O) groups is 1. The number of likely N-dealkylation sites (tertiary alicyclic amines) is 1. The third kappa shape index (κ3) is 5.24. The summed E-state index contributed by atoms with van der Waals surface area (Å²) >= 11 is 0. The normalized spacial score (nSPS) is 16.5. The van der Waals surface area contributed by atoms with Crippen molar-refractivity contribution >= 4 is 5.91 Å². The zero-order valence-corrected chi connectivity index (χ0v) is 14.7. The molecular weight excluding hydrogens is 288 g/mol. The minimum atomic E-state index is 0.126. The average Bonchev–Trinajstić information content (AvgIpc) is 3.07. The quantitative estimate of drug-likeness (QED) is 0.801. The van der Waals surface area contributed by atoms with Crippen LogP contribution in [0.4, 0.5) is 0 Å². The second-order valence-electron chi connectivity index (χ2n) is 6.67. The summed E-state index contributed by atoms with van der Waals surface area (Å²) in [5.74, 6) is 1.54. The number of amides is 1. The molecule has 0 radical (unpaired) electrons. The lowest BCUT2D eigenvalue weighted by atomic mass is 10.0. The lowest BCUT2D eigenvalue weighted by Crippen LogP contribution is -2.45. The predicted octanol–water partition coefficient (Wildman–Crippen LogP) is 2.86. The van der Waals surface area contributed by atoms with E-state index < -0.39 is 0 Å². The van der Waals surface area contributed by atoms with E-state index in [0.717, 1.165) is 17.9 Å². The second-order valence-corrected chi connectivity index (χ2v) is 6.67. The summed E-state index contributed by atoms with van der Waals surface area (Å²) in [6.45, 7) is 7.57. The molecule has 0 spiro atoms. The van der Waals surface area contributed by atoms with Gasteiger partial charge in [-0.3, -0.25) is 9.69 Å². The van der Waals surface area contributed by atoms with Crippen molar-refractivity contribution in [1.82, 2.24) is 10.2 Å². The first-order valence-corrected chi connectivity index (χ1v) is 8.74. The van der Waals surface area contributed by atoms with Gasteiger partial charge in [-0.25, -0.2) is 0 Å². The third-order valence-corrected chi connectivity index (χ3v) is 4.70. The van der Waals surface area contributed by atoms with Gasteiger partial charge < -0.3 is 10.1 Å². The van der Waals surface area contributed by atoms with Crippen LogP contribution in [0.3, 0.4) is 0 Å². The van der Waals surface area contributed by atoms with Crippen molar-refractivity contribution in [3.05, 3.63) is 29.8 Å². The SMILES string of the molecule is COc1ccccc1CCC(=O)NCC(C(C)C)N1CCCC1. The highest BCUT2D eigenvalue weighted by Gasteiger charge is 2.24. The maximum Gasteiger partial charge on any atom is 0.220 e. The molecule has 128 valence electrons. The summed E-state index contributed by atoms with van der Waals surface area (Å²) in [7, 11) is 1.67. The van der Waals surface area contributed by atoms with Crippen molar-refractivity contribution in [1.29, 1.82) is 0 Å². The first-order valence-electron chi connectivity index (χ1n) is 8.74. The van der Waals surface area contributed by atoms with Crippen LogP contribution in [0.25, 0.3) is 0 Å². The number of hydrogen-bond acceptors (Lipinski definition) is 3.